The van der Waals surface area contributed by atoms with Gasteiger partial charge < -0.3 is 0 Å². The van der Waals surface area contributed by atoms with Crippen molar-refractivity contribution in [1.29, 1.82) is 0 Å². The van der Waals surface area contributed by atoms with Gasteiger partial charge in [0.1, 0.15) is 0 Å². The molecule has 0 aliphatic rings. The third kappa shape index (κ3) is 4.70. The average molecular weight is 355 g/mol. The number of sulfonamides is 1. The van der Waals surface area contributed by atoms with Crippen LogP contribution >= 0.6 is 0 Å². The highest BCUT2D eigenvalue weighted by Crippen LogP contribution is 2.16. The smallest absolute Gasteiger partial charge is 0.236 e. The summed E-state index contributed by atoms with van der Waals surface area (Å²) in [5, 5.41) is 4.44. The Morgan fingerprint density at radius 1 is 0.960 bits per heavy atom. The molecule has 25 heavy (non-hydrogen) atoms. The van der Waals surface area contributed by atoms with Gasteiger partial charge in [-0.25, -0.2) is 8.42 Å². The Labute approximate surface area is 148 Å². The maximum Gasteiger partial charge on any atom is 0.236 e. The van der Waals surface area contributed by atoms with Crippen LogP contribution in [0.15, 0.2) is 60.7 Å². The van der Waals surface area contributed by atoms with E-state index in [2.05, 4.69) is 9.82 Å². The molecule has 1 N–H and O–H groups in total. The highest BCUT2D eigenvalue weighted by Gasteiger charge is 2.12. The lowest BCUT2D eigenvalue weighted by molar-refractivity contribution is 0.600. The minimum absolute atomic E-state index is 0.0461. The molecule has 0 aliphatic carbocycles. The molecule has 0 unspecified atom stereocenters. The van der Waals surface area contributed by atoms with Crippen molar-refractivity contribution in [2.75, 3.05) is 4.72 Å². The topological polar surface area (TPSA) is 64.0 Å². The molecule has 0 spiro atoms. The van der Waals surface area contributed by atoms with E-state index < -0.39 is 10.0 Å². The maximum absolute atomic E-state index is 12.4. The molecule has 0 atom stereocenters. The van der Waals surface area contributed by atoms with Gasteiger partial charge in [0.2, 0.25) is 10.0 Å². The SMILES string of the molecule is Cc1cc(C)n(Cc2cccc(NS(=O)(=O)Cc3ccccc3)c2)n1. The summed E-state index contributed by atoms with van der Waals surface area (Å²) in [6.07, 6.45) is 0. The molecule has 1 aromatic heterocycles. The maximum atomic E-state index is 12.4. The number of aryl methyl sites for hydroxylation is 2. The Hall–Kier alpha value is -2.60. The van der Waals surface area contributed by atoms with Gasteiger partial charge in [-0.15, -0.1) is 0 Å². The molecule has 2 aromatic carbocycles. The number of hydrogen-bond donors (Lipinski definition) is 1. The van der Waals surface area contributed by atoms with Crippen molar-refractivity contribution in [3.63, 3.8) is 0 Å². The molecule has 0 aliphatic heterocycles. The van der Waals surface area contributed by atoms with E-state index in [1.165, 1.54) is 0 Å². The molecule has 0 radical (unpaired) electrons. The Morgan fingerprint density at radius 3 is 2.36 bits per heavy atom. The first-order valence-corrected chi connectivity index (χ1v) is 9.71. The van der Waals surface area contributed by atoms with E-state index in [-0.39, 0.29) is 5.75 Å². The van der Waals surface area contributed by atoms with Gasteiger partial charge in [0.05, 0.1) is 18.0 Å². The molecular weight excluding hydrogens is 334 g/mol. The molecule has 0 saturated heterocycles. The van der Waals surface area contributed by atoms with E-state index in [1.807, 2.05) is 61.0 Å². The van der Waals surface area contributed by atoms with Gasteiger partial charge in [0.25, 0.3) is 0 Å². The highest BCUT2D eigenvalue weighted by atomic mass is 32.2. The van der Waals surface area contributed by atoms with Crippen LogP contribution in [0.5, 0.6) is 0 Å². The van der Waals surface area contributed by atoms with Crippen LogP contribution in [-0.2, 0) is 22.3 Å². The van der Waals surface area contributed by atoms with Crippen LogP contribution in [0, 0.1) is 13.8 Å². The zero-order valence-electron chi connectivity index (χ0n) is 14.3. The van der Waals surface area contributed by atoms with E-state index in [0.29, 0.717) is 12.2 Å². The van der Waals surface area contributed by atoms with Crippen molar-refractivity contribution < 1.29 is 8.42 Å². The predicted octanol–water partition coefficient (Wildman–Crippen LogP) is 3.49. The fraction of sp³-hybridized carbons (Fsp3) is 0.211. The fourth-order valence-corrected chi connectivity index (χ4v) is 3.94. The summed E-state index contributed by atoms with van der Waals surface area (Å²) in [5.41, 5.74) is 4.36. The number of nitrogens with zero attached hydrogens (tertiary/aromatic N) is 2. The van der Waals surface area contributed by atoms with Crippen LogP contribution in [0.4, 0.5) is 5.69 Å². The first-order valence-electron chi connectivity index (χ1n) is 8.06. The minimum atomic E-state index is -3.45. The third-order valence-electron chi connectivity index (χ3n) is 3.84. The molecule has 1 heterocycles. The van der Waals surface area contributed by atoms with Crippen LogP contribution in [-0.4, -0.2) is 18.2 Å². The number of anilines is 1. The summed E-state index contributed by atoms with van der Waals surface area (Å²) in [6, 6.07) is 18.6. The largest absolute Gasteiger partial charge is 0.283 e. The van der Waals surface area contributed by atoms with Crippen molar-refractivity contribution in [2.45, 2.75) is 26.1 Å². The molecule has 0 fully saturated rings. The number of benzene rings is 2. The summed E-state index contributed by atoms with van der Waals surface area (Å²) in [7, 11) is -3.45. The van der Waals surface area contributed by atoms with Crippen molar-refractivity contribution in [3.05, 3.63) is 83.2 Å². The molecule has 3 rings (SSSR count). The Morgan fingerprint density at radius 2 is 1.68 bits per heavy atom. The standard InChI is InChI=1S/C19H21N3O2S/c1-15-11-16(2)22(20-15)13-18-9-6-10-19(12-18)21-25(23,24)14-17-7-4-3-5-8-17/h3-12,21H,13-14H2,1-2H3. The van der Waals surface area contributed by atoms with E-state index in [0.717, 1.165) is 22.5 Å². The molecular formula is C19H21N3O2S. The summed E-state index contributed by atoms with van der Waals surface area (Å²) in [6.45, 7) is 4.57. The monoisotopic (exact) mass is 355 g/mol. The average Bonchev–Trinajstić information content (AvgIpc) is 2.85. The predicted molar refractivity (Wildman–Crippen MR) is 99.9 cm³/mol. The van der Waals surface area contributed by atoms with Gasteiger partial charge in [-0.3, -0.25) is 9.40 Å². The van der Waals surface area contributed by atoms with Crippen LogP contribution in [0.2, 0.25) is 0 Å². The summed E-state index contributed by atoms with van der Waals surface area (Å²) in [5.74, 6) is -0.0461. The number of nitrogens with one attached hydrogen (secondary N) is 1. The second-order valence-electron chi connectivity index (χ2n) is 6.13. The normalized spacial score (nSPS) is 11.4. The first kappa shape index (κ1) is 17.2. The molecule has 0 bridgehead atoms. The summed E-state index contributed by atoms with van der Waals surface area (Å²) in [4.78, 5) is 0. The highest BCUT2D eigenvalue weighted by molar-refractivity contribution is 7.91. The van der Waals surface area contributed by atoms with Crippen molar-refractivity contribution in [1.82, 2.24) is 9.78 Å². The van der Waals surface area contributed by atoms with Gasteiger partial charge in [0.15, 0.2) is 0 Å². The van der Waals surface area contributed by atoms with Gasteiger partial charge in [-0.05, 0) is 43.2 Å². The van der Waals surface area contributed by atoms with Crippen molar-refractivity contribution in [2.24, 2.45) is 0 Å². The van der Waals surface area contributed by atoms with Gasteiger partial charge in [0, 0.05) is 11.4 Å². The third-order valence-corrected chi connectivity index (χ3v) is 5.10. The van der Waals surface area contributed by atoms with Crippen LogP contribution < -0.4 is 4.72 Å². The fourth-order valence-electron chi connectivity index (χ4n) is 2.75. The Kier molecular flexibility index (Phi) is 4.90. The molecule has 3 aromatic rings. The van der Waals surface area contributed by atoms with Crippen molar-refractivity contribution >= 4 is 15.7 Å². The second-order valence-corrected chi connectivity index (χ2v) is 7.85. The summed E-state index contributed by atoms with van der Waals surface area (Å²) < 4.78 is 29.3. The van der Waals surface area contributed by atoms with Crippen LogP contribution in [0.1, 0.15) is 22.5 Å². The lowest BCUT2D eigenvalue weighted by Gasteiger charge is -2.10. The van der Waals surface area contributed by atoms with Crippen molar-refractivity contribution in [3.8, 4) is 0 Å². The molecule has 130 valence electrons. The van der Waals surface area contributed by atoms with Gasteiger partial charge in [-0.1, -0.05) is 42.5 Å². The Balaban J connectivity index is 1.74. The van der Waals surface area contributed by atoms with Crippen LogP contribution in [0.3, 0.4) is 0 Å². The number of aromatic nitrogens is 2. The zero-order chi connectivity index (χ0) is 17.9. The molecule has 6 heteroatoms. The lowest BCUT2D eigenvalue weighted by Crippen LogP contribution is -2.15. The quantitative estimate of drug-likeness (QED) is 0.736. The molecule has 0 amide bonds. The van der Waals surface area contributed by atoms with Crippen LogP contribution in [0.25, 0.3) is 0 Å². The summed E-state index contributed by atoms with van der Waals surface area (Å²) >= 11 is 0. The van der Waals surface area contributed by atoms with E-state index in [4.69, 9.17) is 0 Å². The molecule has 0 saturated carbocycles. The first-order chi connectivity index (χ1) is 11.9. The Bertz CT molecular complexity index is 963. The lowest BCUT2D eigenvalue weighted by atomic mass is 10.2. The second kappa shape index (κ2) is 7.11. The number of rotatable bonds is 6. The van der Waals surface area contributed by atoms with Gasteiger partial charge in [-0.2, -0.15) is 5.10 Å². The minimum Gasteiger partial charge on any atom is -0.283 e. The zero-order valence-corrected chi connectivity index (χ0v) is 15.1. The van der Waals surface area contributed by atoms with E-state index in [9.17, 15) is 8.42 Å². The van der Waals surface area contributed by atoms with E-state index in [1.54, 1.807) is 18.2 Å². The van der Waals surface area contributed by atoms with E-state index >= 15 is 0 Å². The number of hydrogen-bond acceptors (Lipinski definition) is 3. The molecule has 5 nitrogen and oxygen atoms in total. The van der Waals surface area contributed by atoms with Gasteiger partial charge >= 0.3 is 0 Å².